The number of allylic oxidation sites excluding steroid dienone is 1. The quantitative estimate of drug-likeness (QED) is 0.129. The lowest BCUT2D eigenvalue weighted by Gasteiger charge is -2.46. The molecule has 34 heavy (non-hydrogen) atoms. The van der Waals surface area contributed by atoms with E-state index in [1.807, 2.05) is 0 Å². The van der Waals surface area contributed by atoms with Gasteiger partial charge in [-0.3, -0.25) is 4.79 Å². The molecule has 0 aliphatic carbocycles. The second-order valence-corrected chi connectivity index (χ2v) is 8.16. The fourth-order valence-electron chi connectivity index (χ4n) is 3.71. The van der Waals surface area contributed by atoms with Crippen LogP contribution in [0, 0.1) is 0 Å². The molecule has 2 rings (SSSR count). The van der Waals surface area contributed by atoms with E-state index >= 15 is 0 Å². The van der Waals surface area contributed by atoms with E-state index < -0.39 is 92.7 Å². The lowest BCUT2D eigenvalue weighted by molar-refractivity contribution is -0.359. The van der Waals surface area contributed by atoms with E-state index in [-0.39, 0.29) is 6.61 Å². The second-order valence-electron chi connectivity index (χ2n) is 8.16. The van der Waals surface area contributed by atoms with Crippen LogP contribution in [0.1, 0.15) is 13.8 Å². The molecule has 0 radical (unpaired) electrons. The molecule has 0 aromatic rings. The van der Waals surface area contributed by atoms with Crippen LogP contribution in [0.2, 0.25) is 0 Å². The number of ether oxygens (including phenoxy) is 4. The van der Waals surface area contributed by atoms with Crippen molar-refractivity contribution < 1.29 is 64.6 Å². The van der Waals surface area contributed by atoms with Gasteiger partial charge < -0.3 is 65.1 Å². The van der Waals surface area contributed by atoms with Gasteiger partial charge in [-0.25, -0.2) is 0 Å². The Morgan fingerprint density at radius 1 is 0.941 bits per heavy atom. The molecule has 14 nitrogen and oxygen atoms in total. The number of carbonyl (C=O) groups is 1. The number of hydrogen-bond acceptors (Lipinski definition) is 13. The first-order valence-electron chi connectivity index (χ1n) is 10.8. The van der Waals surface area contributed by atoms with Crippen LogP contribution in [0.4, 0.5) is 0 Å². The van der Waals surface area contributed by atoms with Gasteiger partial charge in [-0.15, -0.1) is 0 Å². The third-order valence-corrected chi connectivity index (χ3v) is 5.59. The summed E-state index contributed by atoms with van der Waals surface area (Å²) in [6.45, 7) is 1.16. The molecule has 2 aliphatic rings. The number of aliphatic hydroxyl groups excluding tert-OH is 8. The normalized spacial score (nSPS) is 40.8. The summed E-state index contributed by atoms with van der Waals surface area (Å²) >= 11 is 0. The number of aliphatic hydroxyl groups is 8. The molecule has 14 heteroatoms. The fraction of sp³-hybridized carbons (Fsp3) is 0.850. The Kier molecular flexibility index (Phi) is 11.2. The minimum Gasteiger partial charge on any atom is -0.394 e. The maximum absolute atomic E-state index is 11.4. The average molecular weight is 497 g/mol. The van der Waals surface area contributed by atoms with Crippen molar-refractivity contribution in [1.29, 1.82) is 0 Å². The zero-order valence-electron chi connectivity index (χ0n) is 18.8. The predicted molar refractivity (Wildman–Crippen MR) is 111 cm³/mol. The molecule has 10 unspecified atom stereocenters. The highest BCUT2D eigenvalue weighted by Gasteiger charge is 2.50. The Morgan fingerprint density at radius 2 is 1.53 bits per heavy atom. The van der Waals surface area contributed by atoms with Gasteiger partial charge in [0, 0.05) is 6.92 Å². The molecule has 9 N–H and O–H groups in total. The molecule has 1 amide bonds. The minimum absolute atomic E-state index is 0.323. The van der Waals surface area contributed by atoms with Gasteiger partial charge in [-0.05, 0) is 6.92 Å². The monoisotopic (exact) mass is 497 g/mol. The number of amides is 1. The maximum Gasteiger partial charge on any atom is 0.217 e. The number of carbonyl (C=O) groups excluding carboxylic acids is 1. The smallest absolute Gasteiger partial charge is 0.217 e. The Morgan fingerprint density at radius 3 is 2.09 bits per heavy atom. The van der Waals surface area contributed by atoms with Crippen molar-refractivity contribution >= 4 is 5.91 Å². The topological polar surface area (TPSA) is 228 Å². The zero-order valence-corrected chi connectivity index (χ0v) is 18.8. The molecule has 2 aliphatic heterocycles. The molecule has 0 spiro atoms. The summed E-state index contributed by atoms with van der Waals surface area (Å²) < 4.78 is 21.6. The van der Waals surface area contributed by atoms with E-state index in [1.54, 1.807) is 13.0 Å². The van der Waals surface area contributed by atoms with Crippen molar-refractivity contribution in [3.05, 3.63) is 12.2 Å². The van der Waals surface area contributed by atoms with E-state index in [1.165, 1.54) is 13.0 Å². The summed E-state index contributed by atoms with van der Waals surface area (Å²) in [6, 6.07) is -0.905. The van der Waals surface area contributed by atoms with Crippen molar-refractivity contribution in [3.8, 4) is 0 Å². The Hall–Kier alpha value is -1.27. The number of hydrogen-bond donors (Lipinski definition) is 9. The van der Waals surface area contributed by atoms with E-state index in [4.69, 9.17) is 18.9 Å². The summed E-state index contributed by atoms with van der Waals surface area (Å²) in [5.74, 6) is -0.441. The maximum atomic E-state index is 11.4. The largest absolute Gasteiger partial charge is 0.394 e. The second kappa shape index (κ2) is 13.2. The van der Waals surface area contributed by atoms with E-state index in [2.05, 4.69) is 5.32 Å². The molecular weight excluding hydrogens is 462 g/mol. The molecule has 0 aromatic heterocycles. The van der Waals surface area contributed by atoms with E-state index in [9.17, 15) is 45.6 Å². The molecule has 0 aromatic carbocycles. The SMILES string of the molecule is C/C=C/[C@H](O)[C@H](COC1OC(CO)C(OC2OC(CO)C(O)C(O)C2O)C(O)C1O)NC(C)=O. The van der Waals surface area contributed by atoms with Crippen LogP contribution >= 0.6 is 0 Å². The van der Waals surface area contributed by atoms with Crippen molar-refractivity contribution in [3.63, 3.8) is 0 Å². The number of nitrogens with one attached hydrogen (secondary N) is 1. The van der Waals surface area contributed by atoms with Crippen molar-refractivity contribution in [1.82, 2.24) is 5.32 Å². The summed E-state index contributed by atoms with van der Waals surface area (Å²) in [6.07, 6.45) is -13.9. The summed E-state index contributed by atoms with van der Waals surface area (Å²) in [4.78, 5) is 11.4. The van der Waals surface area contributed by atoms with Crippen LogP contribution < -0.4 is 5.32 Å². The van der Waals surface area contributed by atoms with Gasteiger partial charge in [-0.2, -0.15) is 0 Å². The zero-order chi connectivity index (χ0) is 25.6. The molecular formula is C20H35NO13. The van der Waals surface area contributed by atoms with Crippen LogP contribution in [-0.4, -0.2) is 140 Å². The summed E-state index contributed by atoms with van der Waals surface area (Å²) in [5.41, 5.74) is 0. The molecule has 0 saturated carbocycles. The lowest BCUT2D eigenvalue weighted by atomic mass is 9.97. The van der Waals surface area contributed by atoms with Crippen molar-refractivity contribution in [2.45, 2.75) is 87.4 Å². The van der Waals surface area contributed by atoms with Crippen molar-refractivity contribution in [2.24, 2.45) is 0 Å². The van der Waals surface area contributed by atoms with Gasteiger partial charge in [0.2, 0.25) is 5.91 Å². The summed E-state index contributed by atoms with van der Waals surface area (Å²) in [5, 5.41) is 82.7. The standard InChI is InChI=1S/C20H35NO13/c1-3-4-10(25)9(21-8(2)24)7-31-19-17(30)15(28)18(12(6-23)33-19)34-20-16(29)14(27)13(26)11(5-22)32-20/h3-4,9-20,22-23,25-30H,5-7H2,1-2H3,(H,21,24)/b4-3+/t9-,10-,11?,12?,13?,14?,15?,16?,17?,18?,19?,20?/m0/s1. The number of rotatable bonds is 10. The first kappa shape index (κ1) is 29.0. The van der Waals surface area contributed by atoms with Crippen LogP contribution in [0.5, 0.6) is 0 Å². The van der Waals surface area contributed by atoms with Gasteiger partial charge in [0.15, 0.2) is 12.6 Å². The first-order valence-corrected chi connectivity index (χ1v) is 10.8. The van der Waals surface area contributed by atoms with Gasteiger partial charge >= 0.3 is 0 Å². The average Bonchev–Trinajstić information content (AvgIpc) is 2.80. The molecule has 0 bridgehead atoms. The highest BCUT2D eigenvalue weighted by Crippen LogP contribution is 2.29. The molecule has 2 saturated heterocycles. The summed E-state index contributed by atoms with van der Waals surface area (Å²) in [7, 11) is 0. The third kappa shape index (κ3) is 6.90. The highest BCUT2D eigenvalue weighted by molar-refractivity contribution is 5.73. The van der Waals surface area contributed by atoms with Gasteiger partial charge in [-0.1, -0.05) is 12.2 Å². The Balaban J connectivity index is 2.08. The van der Waals surface area contributed by atoms with Crippen molar-refractivity contribution in [2.75, 3.05) is 19.8 Å². The first-order chi connectivity index (χ1) is 16.0. The molecule has 2 heterocycles. The fourth-order valence-corrected chi connectivity index (χ4v) is 3.71. The highest BCUT2D eigenvalue weighted by atomic mass is 16.7. The Labute approximate surface area is 195 Å². The predicted octanol–water partition coefficient (Wildman–Crippen LogP) is -4.93. The lowest BCUT2D eigenvalue weighted by Crippen LogP contribution is -2.65. The van der Waals surface area contributed by atoms with Gasteiger partial charge in [0.05, 0.1) is 32.0 Å². The molecule has 12 atom stereocenters. The molecule has 198 valence electrons. The minimum atomic E-state index is -1.78. The van der Waals surface area contributed by atoms with Crippen LogP contribution in [0.3, 0.4) is 0 Å². The van der Waals surface area contributed by atoms with E-state index in [0.29, 0.717) is 0 Å². The molecule has 2 fully saturated rings. The van der Waals surface area contributed by atoms with Gasteiger partial charge in [0.1, 0.15) is 48.8 Å². The van der Waals surface area contributed by atoms with Crippen LogP contribution in [-0.2, 0) is 23.7 Å². The van der Waals surface area contributed by atoms with E-state index in [0.717, 1.165) is 0 Å². The van der Waals surface area contributed by atoms with Crippen LogP contribution in [0.25, 0.3) is 0 Å². The third-order valence-electron chi connectivity index (χ3n) is 5.59. The van der Waals surface area contributed by atoms with Crippen LogP contribution in [0.15, 0.2) is 12.2 Å². The Bertz CT molecular complexity index is 662. The van der Waals surface area contributed by atoms with Gasteiger partial charge in [0.25, 0.3) is 0 Å².